The van der Waals surface area contributed by atoms with E-state index >= 15 is 0 Å². The molecule has 3 nitrogen and oxygen atoms in total. The van der Waals surface area contributed by atoms with Gasteiger partial charge in [-0.25, -0.2) is 4.79 Å². The van der Waals surface area contributed by atoms with Crippen molar-refractivity contribution in [2.75, 3.05) is 0 Å². The molecule has 0 spiro atoms. The topological polar surface area (TPSA) is 43.4 Å². The van der Waals surface area contributed by atoms with E-state index in [1.54, 1.807) is 0 Å². The van der Waals surface area contributed by atoms with E-state index in [0.29, 0.717) is 35.5 Å². The van der Waals surface area contributed by atoms with Gasteiger partial charge in [0, 0.05) is 11.8 Å². The van der Waals surface area contributed by atoms with E-state index in [9.17, 15) is 9.59 Å². The van der Waals surface area contributed by atoms with E-state index in [2.05, 4.69) is 13.8 Å². The lowest BCUT2D eigenvalue weighted by Crippen LogP contribution is -2.51. The largest absolute Gasteiger partial charge is 0.458 e. The molecule has 0 unspecified atom stereocenters. The van der Waals surface area contributed by atoms with E-state index in [1.807, 2.05) is 36.4 Å². The first-order valence-electron chi connectivity index (χ1n) is 11.4. The Balaban J connectivity index is 1.37. The Morgan fingerprint density at radius 1 is 0.966 bits per heavy atom. The fraction of sp³-hybridized carbons (Fsp3) is 0.615. The summed E-state index contributed by atoms with van der Waals surface area (Å²) in [6.45, 7) is 4.80. The molecule has 0 N–H and O–H groups in total. The third-order valence-electron chi connectivity index (χ3n) is 9.13. The van der Waals surface area contributed by atoms with Crippen LogP contribution < -0.4 is 0 Å². The molecular weight excluding hydrogens is 360 g/mol. The Morgan fingerprint density at radius 2 is 1.76 bits per heavy atom. The van der Waals surface area contributed by atoms with Gasteiger partial charge < -0.3 is 4.74 Å². The Bertz CT molecular complexity index is 856. The van der Waals surface area contributed by atoms with Crippen LogP contribution in [0.15, 0.2) is 42.0 Å². The van der Waals surface area contributed by atoms with Crippen molar-refractivity contribution >= 4 is 11.8 Å². The van der Waals surface area contributed by atoms with E-state index in [0.717, 1.165) is 25.7 Å². The van der Waals surface area contributed by atoms with Crippen molar-refractivity contribution in [3.8, 4) is 0 Å². The molecule has 0 aliphatic heterocycles. The average molecular weight is 393 g/mol. The zero-order valence-corrected chi connectivity index (χ0v) is 17.7. The highest BCUT2D eigenvalue weighted by molar-refractivity contribution is 5.91. The lowest BCUT2D eigenvalue weighted by molar-refractivity contribution is -0.118. The summed E-state index contributed by atoms with van der Waals surface area (Å²) in [7, 11) is 0. The molecule has 4 aliphatic carbocycles. The van der Waals surface area contributed by atoms with E-state index in [1.165, 1.54) is 24.8 Å². The van der Waals surface area contributed by atoms with Crippen molar-refractivity contribution in [1.29, 1.82) is 0 Å². The number of ketones is 1. The summed E-state index contributed by atoms with van der Waals surface area (Å²) in [5.41, 5.74) is 2.37. The van der Waals surface area contributed by atoms with Gasteiger partial charge in [0.15, 0.2) is 5.78 Å². The number of ether oxygens (including phenoxy) is 1. The highest BCUT2D eigenvalue weighted by Gasteiger charge is 2.59. The Kier molecular flexibility index (Phi) is 4.49. The number of carbonyl (C=O) groups is 2. The maximum absolute atomic E-state index is 12.7. The van der Waals surface area contributed by atoms with Crippen LogP contribution in [-0.2, 0) is 9.53 Å². The first-order chi connectivity index (χ1) is 13.9. The molecule has 3 fully saturated rings. The van der Waals surface area contributed by atoms with E-state index in [4.69, 9.17) is 4.74 Å². The predicted molar refractivity (Wildman–Crippen MR) is 112 cm³/mol. The summed E-state index contributed by atoms with van der Waals surface area (Å²) in [6.07, 6.45) is 10.5. The minimum absolute atomic E-state index is 0.0267. The summed E-state index contributed by atoms with van der Waals surface area (Å²) in [5, 5.41) is 0. The Hall–Kier alpha value is -1.90. The van der Waals surface area contributed by atoms with Gasteiger partial charge in [-0.2, -0.15) is 0 Å². The monoisotopic (exact) mass is 392 g/mol. The van der Waals surface area contributed by atoms with Crippen LogP contribution in [0.1, 0.15) is 75.6 Å². The van der Waals surface area contributed by atoms with Gasteiger partial charge in [0.2, 0.25) is 0 Å². The van der Waals surface area contributed by atoms with Gasteiger partial charge >= 0.3 is 5.97 Å². The zero-order valence-electron chi connectivity index (χ0n) is 17.7. The van der Waals surface area contributed by atoms with Gasteiger partial charge in [-0.1, -0.05) is 37.6 Å². The molecule has 0 bridgehead atoms. The third kappa shape index (κ3) is 2.92. The molecule has 154 valence electrons. The highest BCUT2D eigenvalue weighted by Crippen LogP contribution is 2.65. The van der Waals surface area contributed by atoms with Gasteiger partial charge in [-0.3, -0.25) is 4.79 Å². The Labute approximate surface area is 173 Å². The maximum Gasteiger partial charge on any atom is 0.338 e. The van der Waals surface area contributed by atoms with Crippen molar-refractivity contribution in [2.45, 2.75) is 71.3 Å². The third-order valence-corrected chi connectivity index (χ3v) is 9.13. The van der Waals surface area contributed by atoms with Gasteiger partial charge in [0.05, 0.1) is 5.56 Å². The second-order valence-corrected chi connectivity index (χ2v) is 10.4. The summed E-state index contributed by atoms with van der Waals surface area (Å²) < 4.78 is 6.10. The number of hydrogen-bond acceptors (Lipinski definition) is 3. The molecule has 3 saturated carbocycles. The number of allylic oxidation sites excluding steroid dienone is 1. The van der Waals surface area contributed by atoms with Crippen LogP contribution in [0.5, 0.6) is 0 Å². The molecular formula is C26H32O3. The number of esters is 1. The standard InChI is InChI=1S/C26H32O3/c1-25-14-12-19(27)16-18(25)8-9-20-21-10-11-23(26(21,2)15-13-22(20)25)29-24(28)17-6-4-3-5-7-17/h3-7,16,20-23H,8-15H2,1-2H3/t20-,21-,22-,23-,25-,26-/m1/s1. The summed E-state index contributed by atoms with van der Waals surface area (Å²) in [4.78, 5) is 24.7. The fourth-order valence-electron chi connectivity index (χ4n) is 7.48. The minimum Gasteiger partial charge on any atom is -0.458 e. The quantitative estimate of drug-likeness (QED) is 0.603. The minimum atomic E-state index is -0.175. The number of carbonyl (C=O) groups excluding carboxylic acids is 2. The lowest BCUT2D eigenvalue weighted by Gasteiger charge is -2.57. The van der Waals surface area contributed by atoms with Gasteiger partial charge in [-0.05, 0) is 86.3 Å². The summed E-state index contributed by atoms with van der Waals surface area (Å²) in [6, 6.07) is 9.39. The van der Waals surface area contributed by atoms with Crippen LogP contribution in [0, 0.1) is 28.6 Å². The normalized spacial score (nSPS) is 41.0. The molecule has 0 heterocycles. The molecule has 29 heavy (non-hydrogen) atoms. The van der Waals surface area contributed by atoms with Crippen molar-refractivity contribution in [3.05, 3.63) is 47.5 Å². The molecule has 0 aromatic heterocycles. The molecule has 3 heteroatoms. The second kappa shape index (κ2) is 6.82. The molecule has 5 rings (SSSR count). The highest BCUT2D eigenvalue weighted by atomic mass is 16.5. The van der Waals surface area contributed by atoms with Crippen LogP contribution in [0.3, 0.4) is 0 Å². The molecule has 4 aliphatic rings. The molecule has 0 amide bonds. The summed E-state index contributed by atoms with van der Waals surface area (Å²) in [5.74, 6) is 2.16. The Morgan fingerprint density at radius 3 is 2.55 bits per heavy atom. The average Bonchev–Trinajstić information content (AvgIpc) is 3.05. The van der Waals surface area contributed by atoms with Gasteiger partial charge in [0.1, 0.15) is 6.10 Å². The number of rotatable bonds is 2. The maximum atomic E-state index is 12.7. The lowest BCUT2D eigenvalue weighted by atomic mass is 9.47. The van der Waals surface area contributed by atoms with E-state index < -0.39 is 0 Å². The number of fused-ring (bicyclic) bond motifs is 5. The molecule has 0 saturated heterocycles. The van der Waals surface area contributed by atoms with Gasteiger partial charge in [-0.15, -0.1) is 0 Å². The summed E-state index contributed by atoms with van der Waals surface area (Å²) >= 11 is 0. The first-order valence-corrected chi connectivity index (χ1v) is 11.4. The predicted octanol–water partition coefficient (Wildman–Crippen LogP) is 5.74. The fourth-order valence-corrected chi connectivity index (χ4v) is 7.48. The first kappa shape index (κ1) is 19.1. The number of hydrogen-bond donors (Lipinski definition) is 0. The van der Waals surface area contributed by atoms with E-state index in [-0.39, 0.29) is 22.9 Å². The van der Waals surface area contributed by atoms with Crippen LogP contribution in [-0.4, -0.2) is 17.9 Å². The molecule has 1 aromatic rings. The van der Waals surface area contributed by atoms with Crippen molar-refractivity contribution < 1.29 is 14.3 Å². The molecule has 0 radical (unpaired) electrons. The molecule has 1 aromatic carbocycles. The van der Waals surface area contributed by atoms with Crippen molar-refractivity contribution in [1.82, 2.24) is 0 Å². The van der Waals surface area contributed by atoms with Crippen LogP contribution in [0.25, 0.3) is 0 Å². The SMILES string of the molecule is C[C@@]12CC[C@@H]3[C@H](CCC4=CC(=O)CC[C@]43C)[C@H]1CC[C@H]2OC(=O)c1ccccc1. The zero-order chi connectivity index (χ0) is 20.2. The van der Waals surface area contributed by atoms with Crippen molar-refractivity contribution in [2.24, 2.45) is 28.6 Å². The second-order valence-electron chi connectivity index (χ2n) is 10.4. The van der Waals surface area contributed by atoms with Crippen molar-refractivity contribution in [3.63, 3.8) is 0 Å². The van der Waals surface area contributed by atoms with Crippen LogP contribution in [0.4, 0.5) is 0 Å². The molecule has 6 atom stereocenters. The van der Waals surface area contributed by atoms with Crippen LogP contribution in [0.2, 0.25) is 0 Å². The smallest absolute Gasteiger partial charge is 0.338 e. The van der Waals surface area contributed by atoms with Gasteiger partial charge in [0.25, 0.3) is 0 Å². The van der Waals surface area contributed by atoms with Crippen LogP contribution >= 0.6 is 0 Å². The number of benzene rings is 1.